The Morgan fingerprint density at radius 3 is 1.52 bits per heavy atom. The minimum atomic E-state index is 0.473. The Bertz CT molecular complexity index is 2600. The average molecular weight is 700 g/mol. The summed E-state index contributed by atoms with van der Waals surface area (Å²) in [7, 11) is 0. The van der Waals surface area contributed by atoms with Crippen molar-refractivity contribution in [2.45, 2.75) is 59.8 Å². The van der Waals surface area contributed by atoms with Gasteiger partial charge in [-0.1, -0.05) is 166 Å². The first-order chi connectivity index (χ1) is 26.2. The molecule has 1 heteroatoms. The van der Waals surface area contributed by atoms with Gasteiger partial charge in [0.05, 0.1) is 5.69 Å². The first-order valence-electron chi connectivity index (χ1n) is 19.4. The van der Waals surface area contributed by atoms with Crippen LogP contribution in [0.15, 0.2) is 158 Å². The van der Waals surface area contributed by atoms with E-state index in [1.54, 1.807) is 0 Å². The van der Waals surface area contributed by atoms with Crippen LogP contribution in [0.1, 0.15) is 78.5 Å². The minimum absolute atomic E-state index is 0.473. The number of anilines is 3. The van der Waals surface area contributed by atoms with Crippen molar-refractivity contribution in [3.05, 3.63) is 197 Å². The Kier molecular flexibility index (Phi) is 9.65. The lowest BCUT2D eigenvalue weighted by Gasteiger charge is -2.28. The molecular formula is C53H49N. The maximum absolute atomic E-state index is 2.47. The molecular weight excluding hydrogens is 651 g/mol. The number of fused-ring (bicyclic) bond motifs is 5. The summed E-state index contributed by atoms with van der Waals surface area (Å²) in [5.74, 6) is 0.981. The number of rotatable bonds is 9. The fraction of sp³-hybridized carbons (Fsp3) is 0.170. The predicted octanol–water partition coefficient (Wildman–Crippen LogP) is 15.3. The highest BCUT2D eigenvalue weighted by Crippen LogP contribution is 2.45. The summed E-state index contributed by atoms with van der Waals surface area (Å²) in [5, 5.41) is 7.62. The summed E-state index contributed by atoms with van der Waals surface area (Å²) >= 11 is 0. The van der Waals surface area contributed by atoms with Crippen LogP contribution in [0.2, 0.25) is 0 Å². The third kappa shape index (κ3) is 6.95. The van der Waals surface area contributed by atoms with E-state index in [0.29, 0.717) is 11.8 Å². The van der Waals surface area contributed by atoms with E-state index in [-0.39, 0.29) is 0 Å². The number of benzene rings is 8. The lowest BCUT2D eigenvalue weighted by Crippen LogP contribution is -2.11. The van der Waals surface area contributed by atoms with Gasteiger partial charge in [0.2, 0.25) is 0 Å². The smallest absolute Gasteiger partial charge is 0.0546 e. The Morgan fingerprint density at radius 2 is 0.944 bits per heavy atom. The van der Waals surface area contributed by atoms with E-state index in [4.69, 9.17) is 0 Å². The summed E-state index contributed by atoms with van der Waals surface area (Å²) in [6.07, 6.45) is 3.21. The van der Waals surface area contributed by atoms with Gasteiger partial charge in [-0.15, -0.1) is 0 Å². The maximum Gasteiger partial charge on any atom is 0.0546 e. The van der Waals surface area contributed by atoms with E-state index in [9.17, 15) is 0 Å². The summed E-state index contributed by atoms with van der Waals surface area (Å²) in [4.78, 5) is 2.44. The second kappa shape index (κ2) is 14.8. The predicted molar refractivity (Wildman–Crippen MR) is 236 cm³/mol. The normalized spacial score (nSPS) is 12.0. The van der Waals surface area contributed by atoms with Gasteiger partial charge in [-0.25, -0.2) is 0 Å². The molecule has 8 aromatic rings. The van der Waals surface area contributed by atoms with Gasteiger partial charge >= 0.3 is 0 Å². The van der Waals surface area contributed by atoms with Crippen molar-refractivity contribution in [1.82, 2.24) is 0 Å². The maximum atomic E-state index is 2.47. The first-order valence-corrected chi connectivity index (χ1v) is 19.4. The Morgan fingerprint density at radius 1 is 0.481 bits per heavy atom. The van der Waals surface area contributed by atoms with Crippen molar-refractivity contribution in [1.29, 1.82) is 0 Å². The average Bonchev–Trinajstić information content (AvgIpc) is 3.19. The third-order valence-corrected chi connectivity index (χ3v) is 11.0. The largest absolute Gasteiger partial charge is 0.310 e. The summed E-state index contributed by atoms with van der Waals surface area (Å²) in [6, 6.07) is 59.1. The van der Waals surface area contributed by atoms with Crippen molar-refractivity contribution in [3.63, 3.8) is 0 Å². The summed E-state index contributed by atoms with van der Waals surface area (Å²) in [6.45, 7) is 13.3. The van der Waals surface area contributed by atoms with Gasteiger partial charge in [-0.05, 0) is 129 Å². The van der Waals surface area contributed by atoms with Gasteiger partial charge < -0.3 is 4.90 Å². The molecule has 0 bridgehead atoms. The van der Waals surface area contributed by atoms with E-state index in [1.165, 1.54) is 82.5 Å². The molecule has 0 aromatic heterocycles. The van der Waals surface area contributed by atoms with Crippen molar-refractivity contribution < 1.29 is 0 Å². The topological polar surface area (TPSA) is 3.24 Å². The lowest BCUT2D eigenvalue weighted by molar-refractivity contribution is 0.866. The molecule has 0 fully saturated rings. The first kappa shape index (κ1) is 35.1. The molecule has 0 radical (unpaired) electrons. The Balaban J connectivity index is 1.34. The molecule has 0 saturated carbocycles. The quantitative estimate of drug-likeness (QED) is 0.107. The molecule has 1 nitrogen and oxygen atoms in total. The second-order valence-electron chi connectivity index (χ2n) is 15.6. The fourth-order valence-electron chi connectivity index (χ4n) is 7.86. The van der Waals surface area contributed by atoms with Gasteiger partial charge in [0.1, 0.15) is 0 Å². The molecule has 0 spiro atoms. The van der Waals surface area contributed by atoms with Crippen molar-refractivity contribution in [2.75, 3.05) is 4.90 Å². The van der Waals surface area contributed by atoms with Crippen LogP contribution in [-0.4, -0.2) is 0 Å². The van der Waals surface area contributed by atoms with Crippen LogP contribution < -0.4 is 4.90 Å². The van der Waals surface area contributed by atoms with E-state index in [1.807, 2.05) is 0 Å². The van der Waals surface area contributed by atoms with Crippen LogP contribution >= 0.6 is 0 Å². The van der Waals surface area contributed by atoms with Gasteiger partial charge in [0, 0.05) is 16.8 Å². The van der Waals surface area contributed by atoms with Crippen LogP contribution in [0.25, 0.3) is 44.0 Å². The molecule has 0 saturated heterocycles. The highest BCUT2D eigenvalue weighted by molar-refractivity contribution is 6.22. The highest BCUT2D eigenvalue weighted by atomic mass is 15.1. The molecule has 8 aromatic carbocycles. The van der Waals surface area contributed by atoms with E-state index >= 15 is 0 Å². The van der Waals surface area contributed by atoms with Crippen LogP contribution in [0.4, 0.5) is 17.1 Å². The summed E-state index contributed by atoms with van der Waals surface area (Å²) in [5.41, 5.74) is 13.9. The molecule has 0 aliphatic carbocycles. The zero-order valence-electron chi connectivity index (χ0n) is 32.4. The standard InChI is InChI=1S/C53H49N/c1-35(2)40-23-19-39(20-24-40)31-43(42-21-15-37(5)16-22-42)32-44-33-51-49-13-9-10-14-50(49)53(34-52(51)48-12-8-7-11-47(44)48)54(45-27-17-38(6)18-28-45)46-29-25-41(26-30-46)36(3)4/h7-31,33-36H,32H2,1-6H3/b43-31-. The van der Waals surface area contributed by atoms with Gasteiger partial charge in [-0.2, -0.15) is 0 Å². The molecule has 54 heavy (non-hydrogen) atoms. The molecule has 0 aliphatic rings. The van der Waals surface area contributed by atoms with Crippen LogP contribution in [-0.2, 0) is 6.42 Å². The molecule has 0 amide bonds. The van der Waals surface area contributed by atoms with Crippen LogP contribution in [0.5, 0.6) is 0 Å². The van der Waals surface area contributed by atoms with Gasteiger partial charge in [0.25, 0.3) is 0 Å². The molecule has 8 rings (SSSR count). The van der Waals surface area contributed by atoms with Gasteiger partial charge in [-0.3, -0.25) is 0 Å². The monoisotopic (exact) mass is 699 g/mol. The SMILES string of the molecule is Cc1ccc(/C(=C\c2ccc(C(C)C)cc2)Cc2cc3c4ccccc4c(N(c4ccc(C)cc4)c4ccc(C(C)C)cc4)cc3c3ccccc23)cc1. The number of aryl methyl sites for hydroxylation is 2. The molecule has 0 heterocycles. The van der Waals surface area contributed by atoms with E-state index < -0.39 is 0 Å². The molecule has 0 unspecified atom stereocenters. The Labute approximate surface area is 321 Å². The molecule has 0 atom stereocenters. The number of hydrogen-bond donors (Lipinski definition) is 0. The second-order valence-corrected chi connectivity index (χ2v) is 15.6. The van der Waals surface area contributed by atoms with Crippen molar-refractivity contribution in [2.24, 2.45) is 0 Å². The number of allylic oxidation sites excluding steroid dienone is 1. The highest BCUT2D eigenvalue weighted by Gasteiger charge is 2.20. The zero-order chi connectivity index (χ0) is 37.3. The van der Waals surface area contributed by atoms with E-state index in [0.717, 1.165) is 17.8 Å². The fourth-order valence-corrected chi connectivity index (χ4v) is 7.86. The zero-order valence-corrected chi connectivity index (χ0v) is 32.4. The van der Waals surface area contributed by atoms with Gasteiger partial charge in [0.15, 0.2) is 0 Å². The number of nitrogens with zero attached hydrogens (tertiary/aromatic N) is 1. The van der Waals surface area contributed by atoms with Crippen molar-refractivity contribution in [3.8, 4) is 0 Å². The molecule has 266 valence electrons. The van der Waals surface area contributed by atoms with Crippen LogP contribution in [0, 0.1) is 13.8 Å². The third-order valence-electron chi connectivity index (χ3n) is 11.0. The molecule has 0 aliphatic heterocycles. The van der Waals surface area contributed by atoms with E-state index in [2.05, 4.69) is 210 Å². The summed E-state index contributed by atoms with van der Waals surface area (Å²) < 4.78 is 0. The lowest BCUT2D eigenvalue weighted by atomic mass is 9.88. The number of hydrogen-bond acceptors (Lipinski definition) is 1. The molecule has 0 N–H and O–H groups in total. The van der Waals surface area contributed by atoms with Crippen LogP contribution in [0.3, 0.4) is 0 Å². The minimum Gasteiger partial charge on any atom is -0.310 e. The Hall–Kier alpha value is -5.92. The van der Waals surface area contributed by atoms with Crippen molar-refractivity contribution >= 4 is 61.0 Å².